The number of nitrogens with zero attached hydrogens (tertiary/aromatic N) is 2. The van der Waals surface area contributed by atoms with Crippen molar-refractivity contribution in [3.05, 3.63) is 102 Å². The molecule has 0 aliphatic carbocycles. The van der Waals surface area contributed by atoms with Gasteiger partial charge in [0, 0.05) is 29.6 Å². The van der Waals surface area contributed by atoms with Crippen LogP contribution in [0.3, 0.4) is 0 Å². The lowest BCUT2D eigenvalue weighted by Gasteiger charge is -2.10. The minimum absolute atomic E-state index is 0.146. The standard InChI is InChI=1S/C26H24N4O2/c1-18-5-3-6-20(15-18)25-27-14-13-24(30-25)29-22-8-4-7-21(16-22)26(31)28-17-19-9-11-23(32-2)12-10-19/h3-16H,17H2,1-2H3,(H,28,31)(H,27,29,30). The molecule has 6 heteroatoms. The number of rotatable bonds is 7. The quantitative estimate of drug-likeness (QED) is 0.430. The van der Waals surface area contributed by atoms with Crippen molar-refractivity contribution < 1.29 is 9.53 Å². The first-order valence-electron chi connectivity index (χ1n) is 10.3. The monoisotopic (exact) mass is 424 g/mol. The summed E-state index contributed by atoms with van der Waals surface area (Å²) in [6.07, 6.45) is 1.72. The van der Waals surface area contributed by atoms with E-state index in [1.165, 1.54) is 0 Å². The number of carbonyl (C=O) groups is 1. The van der Waals surface area contributed by atoms with Crippen LogP contribution >= 0.6 is 0 Å². The summed E-state index contributed by atoms with van der Waals surface area (Å²) in [6, 6.07) is 24.8. The zero-order chi connectivity index (χ0) is 22.3. The van der Waals surface area contributed by atoms with Crippen LogP contribution in [-0.2, 0) is 6.54 Å². The summed E-state index contributed by atoms with van der Waals surface area (Å²) in [7, 11) is 1.63. The molecule has 0 radical (unpaired) electrons. The molecule has 1 heterocycles. The molecule has 160 valence electrons. The van der Waals surface area contributed by atoms with Gasteiger partial charge < -0.3 is 15.4 Å². The lowest BCUT2D eigenvalue weighted by molar-refractivity contribution is 0.0951. The number of hydrogen-bond acceptors (Lipinski definition) is 5. The maximum atomic E-state index is 12.6. The number of carbonyl (C=O) groups excluding carboxylic acids is 1. The first-order chi connectivity index (χ1) is 15.6. The first-order valence-corrected chi connectivity index (χ1v) is 10.3. The Bertz CT molecular complexity index is 1220. The van der Waals surface area contributed by atoms with Gasteiger partial charge in [0.25, 0.3) is 5.91 Å². The van der Waals surface area contributed by atoms with Crippen LogP contribution in [0.5, 0.6) is 5.75 Å². The second kappa shape index (κ2) is 9.75. The molecule has 6 nitrogen and oxygen atoms in total. The highest BCUT2D eigenvalue weighted by Gasteiger charge is 2.08. The molecule has 0 aliphatic heterocycles. The molecular formula is C26H24N4O2. The summed E-state index contributed by atoms with van der Waals surface area (Å²) < 4.78 is 5.16. The number of amides is 1. The molecule has 0 bridgehead atoms. The van der Waals surface area contributed by atoms with Gasteiger partial charge in [-0.2, -0.15) is 0 Å². The van der Waals surface area contributed by atoms with Gasteiger partial charge in [0.2, 0.25) is 0 Å². The van der Waals surface area contributed by atoms with Gasteiger partial charge in [-0.1, -0.05) is 42.0 Å². The van der Waals surface area contributed by atoms with Gasteiger partial charge in [-0.25, -0.2) is 9.97 Å². The van der Waals surface area contributed by atoms with Gasteiger partial charge in [-0.05, 0) is 55.0 Å². The van der Waals surface area contributed by atoms with E-state index in [0.717, 1.165) is 28.1 Å². The maximum absolute atomic E-state index is 12.6. The van der Waals surface area contributed by atoms with E-state index in [1.807, 2.05) is 67.6 Å². The highest BCUT2D eigenvalue weighted by atomic mass is 16.5. The number of anilines is 2. The molecule has 4 aromatic rings. The van der Waals surface area contributed by atoms with Crippen molar-refractivity contribution in [3.8, 4) is 17.1 Å². The summed E-state index contributed by atoms with van der Waals surface area (Å²) >= 11 is 0. The summed E-state index contributed by atoms with van der Waals surface area (Å²) in [4.78, 5) is 21.6. The van der Waals surface area contributed by atoms with Crippen molar-refractivity contribution in [1.29, 1.82) is 0 Å². The van der Waals surface area contributed by atoms with Crippen molar-refractivity contribution in [2.75, 3.05) is 12.4 Å². The fourth-order valence-corrected chi connectivity index (χ4v) is 3.27. The summed E-state index contributed by atoms with van der Waals surface area (Å²) in [5, 5.41) is 6.21. The first kappa shape index (κ1) is 21.1. The van der Waals surface area contributed by atoms with Gasteiger partial charge in [0.1, 0.15) is 11.6 Å². The Kier molecular flexibility index (Phi) is 6.41. The third-order valence-electron chi connectivity index (χ3n) is 4.94. The Hall–Kier alpha value is -4.19. The second-order valence-electron chi connectivity index (χ2n) is 7.37. The van der Waals surface area contributed by atoms with Crippen LogP contribution in [0.1, 0.15) is 21.5 Å². The number of aryl methyl sites for hydroxylation is 1. The molecule has 32 heavy (non-hydrogen) atoms. The normalized spacial score (nSPS) is 10.4. The van der Waals surface area contributed by atoms with Crippen LogP contribution in [0, 0.1) is 6.92 Å². The molecule has 0 saturated carbocycles. The van der Waals surface area contributed by atoms with Crippen molar-refractivity contribution in [1.82, 2.24) is 15.3 Å². The number of benzene rings is 3. The van der Waals surface area contributed by atoms with Crippen molar-refractivity contribution >= 4 is 17.4 Å². The van der Waals surface area contributed by atoms with Gasteiger partial charge in [0.05, 0.1) is 7.11 Å². The average Bonchev–Trinajstić information content (AvgIpc) is 2.83. The summed E-state index contributed by atoms with van der Waals surface area (Å²) in [5.74, 6) is 1.95. The Labute approximate surface area is 187 Å². The Morgan fingerprint density at radius 3 is 2.56 bits per heavy atom. The van der Waals surface area contributed by atoms with E-state index in [9.17, 15) is 4.79 Å². The minimum Gasteiger partial charge on any atom is -0.497 e. The van der Waals surface area contributed by atoms with E-state index in [1.54, 1.807) is 31.5 Å². The highest BCUT2D eigenvalue weighted by Crippen LogP contribution is 2.20. The molecule has 0 fully saturated rings. The van der Waals surface area contributed by atoms with Gasteiger partial charge in [-0.3, -0.25) is 4.79 Å². The predicted octanol–water partition coefficient (Wildman–Crippen LogP) is 5.13. The molecule has 0 atom stereocenters. The zero-order valence-electron chi connectivity index (χ0n) is 18.0. The number of ether oxygens (including phenoxy) is 1. The number of hydrogen-bond donors (Lipinski definition) is 2. The van der Waals surface area contributed by atoms with Crippen molar-refractivity contribution in [3.63, 3.8) is 0 Å². The van der Waals surface area contributed by atoms with E-state index in [-0.39, 0.29) is 5.91 Å². The van der Waals surface area contributed by atoms with Gasteiger partial charge >= 0.3 is 0 Å². The lowest BCUT2D eigenvalue weighted by atomic mass is 10.1. The predicted molar refractivity (Wildman–Crippen MR) is 126 cm³/mol. The van der Waals surface area contributed by atoms with E-state index < -0.39 is 0 Å². The molecule has 0 unspecified atom stereocenters. The Balaban J connectivity index is 1.43. The van der Waals surface area contributed by atoms with Gasteiger partial charge in [0.15, 0.2) is 5.82 Å². The largest absolute Gasteiger partial charge is 0.497 e. The SMILES string of the molecule is COc1ccc(CNC(=O)c2cccc(Nc3ccnc(-c4cccc(C)c4)n3)c2)cc1. The molecule has 1 amide bonds. The zero-order valence-corrected chi connectivity index (χ0v) is 18.0. The second-order valence-corrected chi connectivity index (χ2v) is 7.37. The molecule has 0 aliphatic rings. The fraction of sp³-hybridized carbons (Fsp3) is 0.115. The molecule has 2 N–H and O–H groups in total. The summed E-state index contributed by atoms with van der Waals surface area (Å²) in [6.45, 7) is 2.48. The van der Waals surface area contributed by atoms with Crippen LogP contribution in [0.2, 0.25) is 0 Å². The lowest BCUT2D eigenvalue weighted by Crippen LogP contribution is -2.22. The number of methoxy groups -OCH3 is 1. The molecule has 4 rings (SSSR count). The van der Waals surface area contributed by atoms with E-state index >= 15 is 0 Å². The maximum Gasteiger partial charge on any atom is 0.251 e. The molecule has 1 aromatic heterocycles. The molecule has 0 saturated heterocycles. The highest BCUT2D eigenvalue weighted by molar-refractivity contribution is 5.95. The molecule has 0 spiro atoms. The smallest absolute Gasteiger partial charge is 0.251 e. The van der Waals surface area contributed by atoms with Gasteiger partial charge in [-0.15, -0.1) is 0 Å². The summed E-state index contributed by atoms with van der Waals surface area (Å²) in [5.41, 5.74) is 4.45. The van der Waals surface area contributed by atoms with Crippen molar-refractivity contribution in [2.45, 2.75) is 13.5 Å². The van der Waals surface area contributed by atoms with Crippen LogP contribution in [-0.4, -0.2) is 23.0 Å². The number of aromatic nitrogens is 2. The Morgan fingerprint density at radius 1 is 0.969 bits per heavy atom. The molecule has 3 aromatic carbocycles. The van der Waals surface area contributed by atoms with Crippen LogP contribution in [0.25, 0.3) is 11.4 Å². The average molecular weight is 425 g/mol. The van der Waals surface area contributed by atoms with E-state index in [2.05, 4.69) is 20.6 Å². The van der Waals surface area contributed by atoms with Crippen LogP contribution in [0.15, 0.2) is 85.1 Å². The third kappa shape index (κ3) is 5.29. The number of nitrogens with one attached hydrogen (secondary N) is 2. The van der Waals surface area contributed by atoms with Crippen LogP contribution < -0.4 is 15.4 Å². The van der Waals surface area contributed by atoms with Crippen LogP contribution in [0.4, 0.5) is 11.5 Å². The molecular weight excluding hydrogens is 400 g/mol. The van der Waals surface area contributed by atoms with E-state index in [4.69, 9.17) is 4.74 Å². The Morgan fingerprint density at radius 2 is 1.78 bits per heavy atom. The third-order valence-corrected chi connectivity index (χ3v) is 4.94. The minimum atomic E-state index is -0.146. The fourth-order valence-electron chi connectivity index (χ4n) is 3.27. The van der Waals surface area contributed by atoms with E-state index in [0.29, 0.717) is 23.8 Å². The van der Waals surface area contributed by atoms with Crippen molar-refractivity contribution in [2.24, 2.45) is 0 Å². The topological polar surface area (TPSA) is 76.1 Å².